The molecular weight excluding hydrogens is 468 g/mol. The van der Waals surface area contributed by atoms with E-state index in [1.165, 1.54) is 37.1 Å². The van der Waals surface area contributed by atoms with E-state index in [9.17, 15) is 9.59 Å². The van der Waals surface area contributed by atoms with Gasteiger partial charge in [-0.25, -0.2) is 4.79 Å². The van der Waals surface area contributed by atoms with Crippen molar-refractivity contribution in [2.24, 2.45) is 4.99 Å². The molecule has 1 aromatic rings. The Morgan fingerprint density at radius 3 is 2.51 bits per heavy atom. The van der Waals surface area contributed by atoms with Crippen LogP contribution in [-0.4, -0.2) is 48.4 Å². The highest BCUT2D eigenvalue weighted by Crippen LogP contribution is 2.30. The van der Waals surface area contributed by atoms with Gasteiger partial charge in [-0.1, -0.05) is 46.0 Å². The van der Waals surface area contributed by atoms with Crippen LogP contribution in [0.25, 0.3) is 0 Å². The van der Waals surface area contributed by atoms with Crippen LogP contribution < -0.4 is 15.7 Å². The number of carbonyl (C=O) groups is 1. The van der Waals surface area contributed by atoms with Crippen molar-refractivity contribution in [3.05, 3.63) is 28.3 Å². The molecule has 198 valence electrons. The van der Waals surface area contributed by atoms with Gasteiger partial charge in [0.05, 0.1) is 18.7 Å². The second-order valence-electron chi connectivity index (χ2n) is 8.70. The summed E-state index contributed by atoms with van der Waals surface area (Å²) in [5.74, 6) is 0.202. The normalized spacial score (nSPS) is 16.7. The third kappa shape index (κ3) is 9.28. The summed E-state index contributed by atoms with van der Waals surface area (Å²) in [7, 11) is 0. The minimum Gasteiger partial charge on any atom is -0.493 e. The average molecular weight is 511 g/mol. The van der Waals surface area contributed by atoms with Crippen LogP contribution in [0.5, 0.6) is 5.75 Å². The van der Waals surface area contributed by atoms with Crippen LogP contribution in [-0.2, 0) is 14.3 Å². The number of aliphatic imine (C=N–C) groups is 1. The summed E-state index contributed by atoms with van der Waals surface area (Å²) in [6.07, 6.45) is 7.07. The molecular formula is C26H42N2O6S. The quantitative estimate of drug-likeness (QED) is 0.226. The number of nitrogens with one attached hydrogen (secondary N) is 1. The predicted octanol–water partition coefficient (Wildman–Crippen LogP) is 5.25. The molecule has 0 spiro atoms. The van der Waals surface area contributed by atoms with Gasteiger partial charge in [0.25, 0.3) is 0 Å². The van der Waals surface area contributed by atoms with Gasteiger partial charge in [-0.3, -0.25) is 9.79 Å². The van der Waals surface area contributed by atoms with E-state index in [-0.39, 0.29) is 5.91 Å². The van der Waals surface area contributed by atoms with E-state index in [4.69, 9.17) is 18.6 Å². The molecule has 0 aromatic carbocycles. The Kier molecular flexibility index (Phi) is 12.9. The Morgan fingerprint density at radius 2 is 1.86 bits per heavy atom. The van der Waals surface area contributed by atoms with Gasteiger partial charge in [-0.15, -0.1) is 11.8 Å². The van der Waals surface area contributed by atoms with Gasteiger partial charge in [0.2, 0.25) is 11.7 Å². The summed E-state index contributed by atoms with van der Waals surface area (Å²) in [6, 6.07) is 2.06. The van der Waals surface area contributed by atoms with E-state index >= 15 is 0 Å². The molecule has 2 heterocycles. The van der Waals surface area contributed by atoms with Crippen LogP contribution >= 0.6 is 11.8 Å². The van der Waals surface area contributed by atoms with Crippen molar-refractivity contribution in [2.75, 3.05) is 25.6 Å². The van der Waals surface area contributed by atoms with Crippen molar-refractivity contribution in [3.8, 4) is 5.75 Å². The number of unbranched alkanes of at least 4 members (excludes halogenated alkanes) is 4. The molecule has 0 radical (unpaired) electrons. The maximum atomic E-state index is 13.1. The molecule has 1 aliphatic heterocycles. The Balaban J connectivity index is 2.07. The summed E-state index contributed by atoms with van der Waals surface area (Å²) in [5.41, 5.74) is -0.486. The topological polar surface area (TPSA) is 99.4 Å². The molecule has 35 heavy (non-hydrogen) atoms. The zero-order chi connectivity index (χ0) is 25.7. The Bertz CT molecular complexity index is 866. The standard InChI is InChI=1S/C26H42N2O6S/c1-6-10-11-12-13-15-31-19-16-22(34-23(29)17-19)20(14-7-2)27-24(30)21-18-35-25(28-21)26(5,32-8-3)33-9-4/h16-17,20-21H,6-15,18H2,1-5H3,(H,27,30). The first-order chi connectivity index (χ1) is 16.9. The van der Waals surface area contributed by atoms with E-state index in [2.05, 4.69) is 17.2 Å². The fourth-order valence-corrected chi connectivity index (χ4v) is 5.06. The maximum absolute atomic E-state index is 13.1. The molecule has 8 nitrogen and oxygen atoms in total. The lowest BCUT2D eigenvalue weighted by Crippen LogP contribution is -2.40. The fraction of sp³-hybridized carbons (Fsp3) is 0.731. The van der Waals surface area contributed by atoms with Crippen LogP contribution in [0.15, 0.2) is 26.3 Å². The molecule has 1 amide bonds. The van der Waals surface area contributed by atoms with Gasteiger partial charge in [-0.05, 0) is 33.6 Å². The molecule has 1 aromatic heterocycles. The third-order valence-electron chi connectivity index (χ3n) is 5.70. The van der Waals surface area contributed by atoms with E-state index in [0.717, 1.165) is 19.3 Å². The van der Waals surface area contributed by atoms with Crippen molar-refractivity contribution < 1.29 is 23.4 Å². The number of amides is 1. The summed E-state index contributed by atoms with van der Waals surface area (Å²) in [5, 5.41) is 3.69. The smallest absolute Gasteiger partial charge is 0.339 e. The zero-order valence-electron chi connectivity index (χ0n) is 21.9. The van der Waals surface area contributed by atoms with Crippen LogP contribution in [0.3, 0.4) is 0 Å². The Labute approximate surface area is 213 Å². The van der Waals surface area contributed by atoms with Gasteiger partial charge < -0.3 is 23.9 Å². The molecule has 2 unspecified atom stereocenters. The molecule has 0 saturated heterocycles. The van der Waals surface area contributed by atoms with Crippen LogP contribution in [0, 0.1) is 0 Å². The van der Waals surface area contributed by atoms with Crippen molar-refractivity contribution >= 4 is 22.7 Å². The molecule has 2 atom stereocenters. The number of nitrogens with zero attached hydrogens (tertiary/aromatic N) is 1. The summed E-state index contributed by atoms with van der Waals surface area (Å²) < 4.78 is 22.9. The number of hydrogen-bond acceptors (Lipinski definition) is 8. The lowest BCUT2D eigenvalue weighted by molar-refractivity contribution is -0.168. The first-order valence-corrected chi connectivity index (χ1v) is 13.9. The van der Waals surface area contributed by atoms with E-state index in [1.54, 1.807) is 6.07 Å². The number of carbonyl (C=O) groups excluding carboxylic acids is 1. The largest absolute Gasteiger partial charge is 0.493 e. The van der Waals surface area contributed by atoms with Crippen molar-refractivity contribution in [3.63, 3.8) is 0 Å². The number of rotatable bonds is 17. The SMILES string of the molecule is CCCCCCCOc1cc(C(CCC)NC(=O)C2CSC(C(C)(OCC)OCC)=N2)oc(=O)c1. The van der Waals surface area contributed by atoms with Crippen molar-refractivity contribution in [1.29, 1.82) is 0 Å². The number of hydrogen-bond donors (Lipinski definition) is 1. The number of thioether (sulfide) groups is 1. The first-order valence-electron chi connectivity index (χ1n) is 12.9. The Hall–Kier alpha value is -1.84. The maximum Gasteiger partial charge on any atom is 0.339 e. The van der Waals surface area contributed by atoms with E-state index in [1.807, 2.05) is 27.7 Å². The monoisotopic (exact) mass is 510 g/mol. The Morgan fingerprint density at radius 1 is 1.14 bits per heavy atom. The van der Waals surface area contributed by atoms with Crippen molar-refractivity contribution in [2.45, 2.75) is 97.4 Å². The highest BCUT2D eigenvalue weighted by molar-refractivity contribution is 8.14. The van der Waals surface area contributed by atoms with Gasteiger partial charge in [0.1, 0.15) is 22.6 Å². The summed E-state index contributed by atoms with van der Waals surface area (Å²) >= 11 is 1.47. The highest BCUT2D eigenvalue weighted by Gasteiger charge is 2.39. The molecule has 1 N–H and O–H groups in total. The van der Waals surface area contributed by atoms with Crippen LogP contribution in [0.1, 0.15) is 91.4 Å². The summed E-state index contributed by atoms with van der Waals surface area (Å²) in [4.78, 5) is 29.9. The van der Waals surface area contributed by atoms with E-state index < -0.39 is 23.5 Å². The lowest BCUT2D eigenvalue weighted by Gasteiger charge is -2.28. The second kappa shape index (κ2) is 15.3. The average Bonchev–Trinajstić information content (AvgIpc) is 3.32. The molecule has 0 saturated carbocycles. The third-order valence-corrected chi connectivity index (χ3v) is 6.93. The van der Waals surface area contributed by atoms with Gasteiger partial charge >= 0.3 is 5.63 Å². The molecule has 0 aliphatic carbocycles. The second-order valence-corrected chi connectivity index (χ2v) is 9.71. The molecule has 2 rings (SSSR count). The van der Waals surface area contributed by atoms with Crippen LogP contribution in [0.2, 0.25) is 0 Å². The summed E-state index contributed by atoms with van der Waals surface area (Å²) in [6.45, 7) is 11.3. The molecule has 0 fully saturated rings. The predicted molar refractivity (Wildman–Crippen MR) is 140 cm³/mol. The van der Waals surface area contributed by atoms with Crippen LogP contribution in [0.4, 0.5) is 0 Å². The van der Waals surface area contributed by atoms with E-state index in [0.29, 0.717) is 48.5 Å². The molecule has 9 heteroatoms. The van der Waals surface area contributed by atoms with Crippen molar-refractivity contribution in [1.82, 2.24) is 5.32 Å². The molecule has 1 aliphatic rings. The van der Waals surface area contributed by atoms with Gasteiger partial charge in [-0.2, -0.15) is 0 Å². The fourth-order valence-electron chi connectivity index (χ4n) is 3.94. The highest BCUT2D eigenvalue weighted by atomic mass is 32.2. The minimum atomic E-state index is -0.957. The van der Waals surface area contributed by atoms with Gasteiger partial charge in [0.15, 0.2) is 0 Å². The minimum absolute atomic E-state index is 0.216. The first kappa shape index (κ1) is 29.4. The molecule has 0 bridgehead atoms. The zero-order valence-corrected chi connectivity index (χ0v) is 22.7. The van der Waals surface area contributed by atoms with Gasteiger partial charge in [0, 0.05) is 25.0 Å². The number of ether oxygens (including phenoxy) is 3. The lowest BCUT2D eigenvalue weighted by atomic mass is 10.1.